The van der Waals surface area contributed by atoms with E-state index in [0.29, 0.717) is 28.3 Å². The lowest BCUT2D eigenvalue weighted by atomic mass is 10.1. The van der Waals surface area contributed by atoms with Crippen LogP contribution < -0.4 is 0 Å². The quantitative estimate of drug-likeness (QED) is 0.499. The minimum Gasteiger partial charge on any atom is -0.419 e. The third-order valence-corrected chi connectivity index (χ3v) is 4.91. The fourth-order valence-corrected chi connectivity index (χ4v) is 3.25. The summed E-state index contributed by atoms with van der Waals surface area (Å²) in [5, 5.41) is 15.5. The number of aryl methyl sites for hydroxylation is 1. The normalized spacial score (nSPS) is 12.3. The second-order valence-electron chi connectivity index (χ2n) is 6.02. The maximum Gasteiger partial charge on any atom is 0.247 e. The summed E-state index contributed by atoms with van der Waals surface area (Å²) in [6.45, 7) is 3.95. The van der Waals surface area contributed by atoms with Crippen LogP contribution in [-0.4, -0.2) is 25.4 Å². The molecule has 0 radical (unpaired) electrons. The summed E-state index contributed by atoms with van der Waals surface area (Å²) in [5.41, 5.74) is 2.41. The summed E-state index contributed by atoms with van der Waals surface area (Å²) in [4.78, 5) is 4.35. The van der Waals surface area contributed by atoms with Gasteiger partial charge in [0, 0.05) is 5.56 Å². The average molecular weight is 381 g/mol. The molecule has 0 saturated heterocycles. The second-order valence-corrected chi connectivity index (χ2v) is 7.33. The number of aromatic nitrogens is 5. The molecule has 27 heavy (non-hydrogen) atoms. The molecule has 0 fully saturated rings. The Hall–Kier alpha value is -3.00. The van der Waals surface area contributed by atoms with Gasteiger partial charge >= 0.3 is 0 Å². The molecular weight excluding hydrogens is 365 g/mol. The summed E-state index contributed by atoms with van der Waals surface area (Å²) in [7, 11) is 0. The van der Waals surface area contributed by atoms with Crippen molar-refractivity contribution in [3.63, 3.8) is 0 Å². The van der Waals surface area contributed by atoms with E-state index in [1.807, 2.05) is 38.1 Å². The van der Waals surface area contributed by atoms with E-state index in [0.717, 1.165) is 11.1 Å². The summed E-state index contributed by atoms with van der Waals surface area (Å²) in [6, 6.07) is 14.3. The highest BCUT2D eigenvalue weighted by atomic mass is 32.2. The van der Waals surface area contributed by atoms with E-state index in [-0.39, 0.29) is 11.1 Å². The first kappa shape index (κ1) is 17.4. The van der Waals surface area contributed by atoms with Crippen LogP contribution in [0.15, 0.2) is 58.1 Å². The minimum atomic E-state index is -0.349. The van der Waals surface area contributed by atoms with Crippen molar-refractivity contribution in [1.29, 1.82) is 0 Å². The van der Waals surface area contributed by atoms with Gasteiger partial charge < -0.3 is 4.42 Å². The summed E-state index contributed by atoms with van der Waals surface area (Å²) in [5.74, 6) is 0.985. The number of hydrogen-bond acceptors (Lipinski definition) is 6. The van der Waals surface area contributed by atoms with Crippen LogP contribution in [-0.2, 0) is 0 Å². The number of nitrogens with one attached hydrogen (secondary N) is 1. The third kappa shape index (κ3) is 3.75. The van der Waals surface area contributed by atoms with Gasteiger partial charge in [0.1, 0.15) is 5.82 Å². The predicted molar refractivity (Wildman–Crippen MR) is 101 cm³/mol. The number of hydrogen-bond donors (Lipinski definition) is 1. The van der Waals surface area contributed by atoms with Crippen LogP contribution in [0.3, 0.4) is 0 Å². The lowest BCUT2D eigenvalue weighted by molar-refractivity contribution is 0.509. The van der Waals surface area contributed by atoms with E-state index >= 15 is 0 Å². The first-order chi connectivity index (χ1) is 13.1. The Labute approximate surface area is 159 Å². The van der Waals surface area contributed by atoms with E-state index in [2.05, 4.69) is 25.4 Å². The van der Waals surface area contributed by atoms with Gasteiger partial charge in [-0.25, -0.2) is 9.37 Å². The van der Waals surface area contributed by atoms with E-state index < -0.39 is 0 Å². The van der Waals surface area contributed by atoms with Crippen molar-refractivity contribution in [3.05, 3.63) is 65.8 Å². The fourth-order valence-electron chi connectivity index (χ4n) is 2.49. The maximum atomic E-state index is 13.9. The van der Waals surface area contributed by atoms with E-state index in [9.17, 15) is 4.39 Å². The van der Waals surface area contributed by atoms with Crippen LogP contribution in [0, 0.1) is 12.7 Å². The van der Waals surface area contributed by atoms with Crippen LogP contribution >= 0.6 is 11.8 Å². The van der Waals surface area contributed by atoms with Gasteiger partial charge in [0.05, 0.1) is 10.8 Å². The fraction of sp³-hybridized carbons (Fsp3) is 0.158. The zero-order chi connectivity index (χ0) is 18.8. The van der Waals surface area contributed by atoms with Gasteiger partial charge in [-0.2, -0.15) is 0 Å². The van der Waals surface area contributed by atoms with Gasteiger partial charge in [-0.1, -0.05) is 41.6 Å². The zero-order valence-corrected chi connectivity index (χ0v) is 15.5. The zero-order valence-electron chi connectivity index (χ0n) is 14.7. The topological polar surface area (TPSA) is 80.5 Å². The molecule has 0 spiro atoms. The van der Waals surface area contributed by atoms with E-state index in [1.165, 1.54) is 17.8 Å². The molecule has 0 bridgehead atoms. The van der Waals surface area contributed by atoms with Crippen LogP contribution in [0.4, 0.5) is 4.39 Å². The number of thioether (sulfide) groups is 1. The van der Waals surface area contributed by atoms with Crippen molar-refractivity contribution in [2.45, 2.75) is 24.3 Å². The van der Waals surface area contributed by atoms with Crippen LogP contribution in [0.1, 0.15) is 23.6 Å². The average Bonchev–Trinajstić information content (AvgIpc) is 3.33. The summed E-state index contributed by atoms with van der Waals surface area (Å²) >= 11 is 1.36. The van der Waals surface area contributed by atoms with Gasteiger partial charge in [-0.3, -0.25) is 5.10 Å². The Kier molecular flexibility index (Phi) is 4.72. The Morgan fingerprint density at radius 2 is 1.85 bits per heavy atom. The molecule has 2 aromatic carbocycles. The second kappa shape index (κ2) is 7.32. The largest absolute Gasteiger partial charge is 0.419 e. The first-order valence-electron chi connectivity index (χ1n) is 8.34. The Morgan fingerprint density at radius 3 is 2.63 bits per heavy atom. The van der Waals surface area contributed by atoms with Crippen molar-refractivity contribution in [2.75, 3.05) is 0 Å². The number of nitrogens with zero attached hydrogens (tertiary/aromatic N) is 4. The van der Waals surface area contributed by atoms with Gasteiger partial charge in [-0.15, -0.1) is 15.3 Å². The molecule has 4 aromatic rings. The summed E-state index contributed by atoms with van der Waals surface area (Å²) < 4.78 is 19.7. The lowest BCUT2D eigenvalue weighted by Crippen LogP contribution is -1.90. The molecule has 2 aromatic heterocycles. The number of benzene rings is 2. The van der Waals surface area contributed by atoms with Crippen molar-refractivity contribution in [2.24, 2.45) is 0 Å². The Bertz CT molecular complexity index is 1060. The smallest absolute Gasteiger partial charge is 0.247 e. The highest BCUT2D eigenvalue weighted by Gasteiger charge is 2.19. The molecule has 2 heterocycles. The van der Waals surface area contributed by atoms with Crippen LogP contribution in [0.5, 0.6) is 0 Å². The molecular formula is C19H16FN5OS. The van der Waals surface area contributed by atoms with Crippen molar-refractivity contribution in [3.8, 4) is 22.8 Å². The summed E-state index contributed by atoms with van der Waals surface area (Å²) in [6.07, 6.45) is 0. The standard InChI is InChI=1S/C19H16FN5OS/c1-11-7-9-13(10-8-11)18-24-23-17(26-18)12(2)27-19-21-16(22-25-19)14-5-3-4-6-15(14)20/h3-10,12H,1-2H3,(H,21,22,25)/t12-/m1/s1. The van der Waals surface area contributed by atoms with Gasteiger partial charge in [0.15, 0.2) is 5.82 Å². The molecule has 8 heteroatoms. The Balaban J connectivity index is 1.49. The predicted octanol–water partition coefficient (Wildman–Crippen LogP) is 4.82. The van der Waals surface area contributed by atoms with Crippen LogP contribution in [0.25, 0.3) is 22.8 Å². The van der Waals surface area contributed by atoms with Crippen molar-refractivity contribution in [1.82, 2.24) is 25.4 Å². The van der Waals surface area contributed by atoms with E-state index in [1.54, 1.807) is 18.2 Å². The van der Waals surface area contributed by atoms with Crippen molar-refractivity contribution >= 4 is 11.8 Å². The highest BCUT2D eigenvalue weighted by molar-refractivity contribution is 7.99. The number of H-pyrrole nitrogens is 1. The van der Waals surface area contributed by atoms with Gasteiger partial charge in [-0.05, 0) is 38.1 Å². The number of rotatable bonds is 5. The monoisotopic (exact) mass is 381 g/mol. The molecule has 1 N–H and O–H groups in total. The molecule has 1 atom stereocenters. The number of aromatic amines is 1. The molecule has 0 aliphatic heterocycles. The lowest BCUT2D eigenvalue weighted by Gasteiger charge is -2.02. The molecule has 0 aliphatic carbocycles. The SMILES string of the molecule is Cc1ccc(-c2nnc([C@@H](C)Sc3n[nH]c(-c4ccccc4F)n3)o2)cc1. The Morgan fingerprint density at radius 1 is 1.07 bits per heavy atom. The van der Waals surface area contributed by atoms with Gasteiger partial charge in [0.25, 0.3) is 0 Å². The highest BCUT2D eigenvalue weighted by Crippen LogP contribution is 2.34. The van der Waals surface area contributed by atoms with E-state index in [4.69, 9.17) is 4.42 Å². The molecule has 0 unspecified atom stereocenters. The molecule has 4 rings (SSSR count). The maximum absolute atomic E-state index is 13.9. The minimum absolute atomic E-state index is 0.152. The first-order valence-corrected chi connectivity index (χ1v) is 9.22. The molecule has 0 aliphatic rings. The molecule has 0 saturated carbocycles. The molecule has 6 nitrogen and oxygen atoms in total. The number of halogens is 1. The van der Waals surface area contributed by atoms with Crippen molar-refractivity contribution < 1.29 is 8.81 Å². The molecule has 0 amide bonds. The van der Waals surface area contributed by atoms with Crippen LogP contribution in [0.2, 0.25) is 0 Å². The molecule has 136 valence electrons. The third-order valence-electron chi connectivity index (χ3n) is 3.96. The van der Waals surface area contributed by atoms with Gasteiger partial charge in [0.2, 0.25) is 16.9 Å².